The fraction of sp³-hybridized carbons (Fsp3) is 0.182. The molecule has 6 nitrogen and oxygen atoms in total. The third kappa shape index (κ3) is 4.29. The van der Waals surface area contributed by atoms with Crippen LogP contribution in [0.25, 0.3) is 0 Å². The van der Waals surface area contributed by atoms with Crippen molar-refractivity contribution in [2.24, 2.45) is 0 Å². The summed E-state index contributed by atoms with van der Waals surface area (Å²) in [6, 6.07) is 21.5. The Morgan fingerprint density at radius 3 is 2.62 bits per heavy atom. The van der Waals surface area contributed by atoms with Gasteiger partial charge in [0.25, 0.3) is 0 Å². The van der Waals surface area contributed by atoms with E-state index in [1.54, 1.807) is 42.6 Å². The number of fused-ring (bicyclic) bond motifs is 1. The minimum Gasteiger partial charge on any atom is -0.364 e. The summed E-state index contributed by atoms with van der Waals surface area (Å²) in [6.45, 7) is 1.07. The minimum absolute atomic E-state index is 0.243. The number of rotatable bonds is 5. The Labute approximate surface area is 170 Å². The van der Waals surface area contributed by atoms with E-state index < -0.39 is 10.0 Å². The van der Waals surface area contributed by atoms with Crippen LogP contribution < -0.4 is 9.62 Å². The number of anilines is 1. The molecule has 4 rings (SSSR count). The zero-order chi connectivity index (χ0) is 20.3. The summed E-state index contributed by atoms with van der Waals surface area (Å²) in [5.41, 5.74) is 3.42. The van der Waals surface area contributed by atoms with Gasteiger partial charge in [-0.15, -0.1) is 0 Å². The highest BCUT2D eigenvalue weighted by molar-refractivity contribution is 7.89. The number of benzene rings is 2. The zero-order valence-corrected chi connectivity index (χ0v) is 16.5. The van der Waals surface area contributed by atoms with E-state index in [1.165, 1.54) is 0 Å². The van der Waals surface area contributed by atoms with Crippen molar-refractivity contribution in [2.75, 3.05) is 11.4 Å². The van der Waals surface area contributed by atoms with Gasteiger partial charge in [-0.2, -0.15) is 5.26 Å². The molecule has 2 aromatic carbocycles. The van der Waals surface area contributed by atoms with Crippen molar-refractivity contribution in [2.45, 2.75) is 23.9 Å². The van der Waals surface area contributed by atoms with E-state index in [-0.39, 0.29) is 10.9 Å². The third-order valence-electron chi connectivity index (χ3n) is 4.91. The Morgan fingerprint density at radius 2 is 1.90 bits per heavy atom. The van der Waals surface area contributed by atoms with Crippen LogP contribution in [-0.4, -0.2) is 26.0 Å². The molecule has 0 saturated carbocycles. The average Bonchev–Trinajstić information content (AvgIpc) is 2.74. The predicted octanol–water partition coefficient (Wildman–Crippen LogP) is 2.86. The summed E-state index contributed by atoms with van der Waals surface area (Å²) in [5, 5.41) is 9.26. The Morgan fingerprint density at radius 1 is 1.10 bits per heavy atom. The molecule has 2 heterocycles. The SMILES string of the molecule is N#Cc1ccc2c(c1)C[C@H](NS(=O)(=O)c1ccccc1)CN2Cc1ccccn1. The van der Waals surface area contributed by atoms with Gasteiger partial charge < -0.3 is 4.90 Å². The Balaban J connectivity index is 1.64. The minimum atomic E-state index is -3.63. The van der Waals surface area contributed by atoms with E-state index in [1.807, 2.05) is 30.3 Å². The van der Waals surface area contributed by atoms with Gasteiger partial charge in [0.15, 0.2) is 0 Å². The number of hydrogen-bond donors (Lipinski definition) is 1. The van der Waals surface area contributed by atoms with Crippen LogP contribution in [0.15, 0.2) is 77.8 Å². The molecule has 1 aliphatic heterocycles. The van der Waals surface area contributed by atoms with Crippen molar-refractivity contribution < 1.29 is 8.42 Å². The monoisotopic (exact) mass is 404 g/mol. The molecule has 1 aromatic heterocycles. The lowest BCUT2D eigenvalue weighted by Gasteiger charge is -2.36. The van der Waals surface area contributed by atoms with Crippen LogP contribution in [0.3, 0.4) is 0 Å². The van der Waals surface area contributed by atoms with E-state index in [4.69, 9.17) is 0 Å². The first-order valence-electron chi connectivity index (χ1n) is 9.30. The number of hydrogen-bond acceptors (Lipinski definition) is 5. The summed E-state index contributed by atoms with van der Waals surface area (Å²) in [6.07, 6.45) is 2.27. The van der Waals surface area contributed by atoms with Gasteiger partial charge in [-0.05, 0) is 54.4 Å². The van der Waals surface area contributed by atoms with Crippen molar-refractivity contribution >= 4 is 15.7 Å². The molecular weight excluding hydrogens is 384 g/mol. The highest BCUT2D eigenvalue weighted by atomic mass is 32.2. The van der Waals surface area contributed by atoms with Crippen molar-refractivity contribution in [3.05, 3.63) is 89.7 Å². The maximum absolute atomic E-state index is 12.8. The van der Waals surface area contributed by atoms with Crippen molar-refractivity contribution in [1.82, 2.24) is 9.71 Å². The first-order valence-corrected chi connectivity index (χ1v) is 10.8. The highest BCUT2D eigenvalue weighted by Crippen LogP contribution is 2.30. The molecule has 0 spiro atoms. The lowest BCUT2D eigenvalue weighted by molar-refractivity contribution is 0.523. The summed E-state index contributed by atoms with van der Waals surface area (Å²) in [5.74, 6) is 0. The maximum atomic E-state index is 12.8. The standard InChI is InChI=1S/C22H20N4O2S/c23-14-17-9-10-22-18(12-17)13-20(16-26(22)15-19-6-4-5-11-24-19)25-29(27,28)21-7-2-1-3-8-21/h1-12,20,25H,13,15-16H2/t20-/m0/s1. The van der Waals surface area contributed by atoms with Gasteiger partial charge in [0.1, 0.15) is 0 Å². The lowest BCUT2D eigenvalue weighted by atomic mass is 9.96. The van der Waals surface area contributed by atoms with Crippen LogP contribution in [0, 0.1) is 11.3 Å². The number of pyridine rings is 1. The Kier molecular flexibility index (Phi) is 5.30. The number of nitrogens with one attached hydrogen (secondary N) is 1. The van der Waals surface area contributed by atoms with Gasteiger partial charge in [0.05, 0.1) is 28.8 Å². The van der Waals surface area contributed by atoms with Crippen LogP contribution >= 0.6 is 0 Å². The van der Waals surface area contributed by atoms with Gasteiger partial charge in [0.2, 0.25) is 10.0 Å². The molecule has 29 heavy (non-hydrogen) atoms. The largest absolute Gasteiger partial charge is 0.364 e. The number of nitriles is 1. The van der Waals surface area contributed by atoms with Crippen LogP contribution in [0.5, 0.6) is 0 Å². The smallest absolute Gasteiger partial charge is 0.240 e. The first-order chi connectivity index (χ1) is 14.0. The molecule has 0 radical (unpaired) electrons. The molecule has 1 N–H and O–H groups in total. The Bertz CT molecular complexity index is 1140. The number of nitrogens with zero attached hydrogens (tertiary/aromatic N) is 3. The summed E-state index contributed by atoms with van der Waals surface area (Å²) < 4.78 is 28.4. The molecule has 0 fully saturated rings. The summed E-state index contributed by atoms with van der Waals surface area (Å²) in [4.78, 5) is 6.75. The predicted molar refractivity (Wildman–Crippen MR) is 111 cm³/mol. The van der Waals surface area contributed by atoms with Crippen LogP contribution in [0.1, 0.15) is 16.8 Å². The molecule has 0 amide bonds. The van der Waals surface area contributed by atoms with E-state index in [0.717, 1.165) is 16.9 Å². The van der Waals surface area contributed by atoms with E-state index in [9.17, 15) is 13.7 Å². The van der Waals surface area contributed by atoms with Gasteiger partial charge >= 0.3 is 0 Å². The van der Waals surface area contributed by atoms with E-state index in [0.29, 0.717) is 25.1 Å². The van der Waals surface area contributed by atoms with Crippen LogP contribution in [0.4, 0.5) is 5.69 Å². The van der Waals surface area contributed by atoms with E-state index >= 15 is 0 Å². The van der Waals surface area contributed by atoms with Gasteiger partial charge in [-0.25, -0.2) is 13.1 Å². The van der Waals surface area contributed by atoms with Crippen molar-refractivity contribution in [3.8, 4) is 6.07 Å². The normalized spacial score (nSPS) is 16.1. The molecule has 0 bridgehead atoms. The summed E-state index contributed by atoms with van der Waals surface area (Å²) >= 11 is 0. The Hall–Kier alpha value is -3.21. The fourth-order valence-corrected chi connectivity index (χ4v) is 4.87. The molecule has 0 saturated heterocycles. The second kappa shape index (κ2) is 8.03. The van der Waals surface area contributed by atoms with Gasteiger partial charge in [0, 0.05) is 24.5 Å². The second-order valence-corrected chi connectivity index (χ2v) is 8.71. The molecular formula is C22H20N4O2S. The fourth-order valence-electron chi connectivity index (χ4n) is 3.62. The molecule has 0 unspecified atom stereocenters. The topological polar surface area (TPSA) is 86.1 Å². The number of sulfonamides is 1. The van der Waals surface area contributed by atoms with Crippen molar-refractivity contribution in [3.63, 3.8) is 0 Å². The lowest BCUT2D eigenvalue weighted by Crippen LogP contribution is -2.48. The quantitative estimate of drug-likeness (QED) is 0.707. The van der Waals surface area contributed by atoms with Gasteiger partial charge in [-0.1, -0.05) is 24.3 Å². The first kappa shape index (κ1) is 19.1. The highest BCUT2D eigenvalue weighted by Gasteiger charge is 2.28. The number of aromatic nitrogens is 1. The summed E-state index contributed by atoms with van der Waals surface area (Å²) in [7, 11) is -3.63. The zero-order valence-electron chi connectivity index (χ0n) is 15.7. The van der Waals surface area contributed by atoms with Gasteiger partial charge in [-0.3, -0.25) is 4.98 Å². The molecule has 0 aliphatic carbocycles. The molecule has 3 aromatic rings. The van der Waals surface area contributed by atoms with E-state index in [2.05, 4.69) is 20.7 Å². The molecule has 146 valence electrons. The van der Waals surface area contributed by atoms with Crippen LogP contribution in [0.2, 0.25) is 0 Å². The average molecular weight is 404 g/mol. The molecule has 7 heteroatoms. The molecule has 1 aliphatic rings. The second-order valence-electron chi connectivity index (χ2n) is 6.99. The maximum Gasteiger partial charge on any atom is 0.240 e. The third-order valence-corrected chi connectivity index (χ3v) is 6.45. The molecule has 1 atom stereocenters. The van der Waals surface area contributed by atoms with Crippen molar-refractivity contribution in [1.29, 1.82) is 5.26 Å². The van der Waals surface area contributed by atoms with Crippen LogP contribution in [-0.2, 0) is 23.0 Å².